The number of carbonyl (C=O) groups is 2. The lowest BCUT2D eigenvalue weighted by Gasteiger charge is -2.34. The Kier molecular flexibility index (Phi) is 4.98. The summed E-state index contributed by atoms with van der Waals surface area (Å²) in [6.45, 7) is 2.20. The van der Waals surface area contributed by atoms with E-state index in [2.05, 4.69) is 0 Å². The van der Waals surface area contributed by atoms with E-state index in [9.17, 15) is 9.59 Å². The first-order valence-electron chi connectivity index (χ1n) is 9.49. The van der Waals surface area contributed by atoms with Gasteiger partial charge in [0.15, 0.2) is 0 Å². The lowest BCUT2D eigenvalue weighted by atomic mass is 10.1. The highest BCUT2D eigenvalue weighted by Crippen LogP contribution is 2.22. The molecule has 2 aromatic carbocycles. The molecule has 0 aliphatic carbocycles. The predicted octanol–water partition coefficient (Wildman–Crippen LogP) is 3.18. The summed E-state index contributed by atoms with van der Waals surface area (Å²) in [5.41, 5.74) is 2.77. The second-order valence-corrected chi connectivity index (χ2v) is 7.03. The van der Waals surface area contributed by atoms with Crippen LogP contribution in [-0.4, -0.2) is 52.4 Å². The van der Waals surface area contributed by atoms with Crippen LogP contribution in [0.25, 0.3) is 17.0 Å². The zero-order chi connectivity index (χ0) is 19.5. The Morgan fingerprint density at radius 1 is 0.857 bits per heavy atom. The third-order valence-electron chi connectivity index (χ3n) is 5.22. The van der Waals surface area contributed by atoms with Crippen molar-refractivity contribution in [2.24, 2.45) is 7.05 Å². The van der Waals surface area contributed by atoms with Gasteiger partial charge in [-0.3, -0.25) is 9.59 Å². The summed E-state index contributed by atoms with van der Waals surface area (Å²) in [6, 6.07) is 17.7. The van der Waals surface area contributed by atoms with Crippen LogP contribution in [0, 0.1) is 0 Å². The van der Waals surface area contributed by atoms with E-state index in [1.165, 1.54) is 0 Å². The number of rotatable bonds is 3. The molecular weight excluding hydrogens is 350 g/mol. The molecule has 1 saturated heterocycles. The molecule has 0 bridgehead atoms. The molecule has 1 aliphatic rings. The number of hydrogen-bond acceptors (Lipinski definition) is 2. The normalized spacial score (nSPS) is 14.8. The number of nitrogens with zero attached hydrogens (tertiary/aromatic N) is 3. The highest BCUT2D eigenvalue weighted by molar-refractivity contribution is 6.07. The number of piperazine rings is 1. The highest BCUT2D eigenvalue weighted by Gasteiger charge is 2.25. The Balaban J connectivity index is 1.40. The van der Waals surface area contributed by atoms with Gasteiger partial charge in [0.25, 0.3) is 5.91 Å². The van der Waals surface area contributed by atoms with Crippen molar-refractivity contribution in [3.05, 3.63) is 78.0 Å². The standard InChI is InChI=1S/C23H23N3O2/c1-24-17-20(19-9-5-6-10-21(19)24)23(28)26-15-13-25(14-16-26)22(27)12-11-18-7-3-2-4-8-18/h2-12,17H,13-16H2,1H3. The van der Waals surface area contributed by atoms with Crippen molar-refractivity contribution in [1.29, 1.82) is 0 Å². The van der Waals surface area contributed by atoms with Crippen molar-refractivity contribution in [2.45, 2.75) is 0 Å². The second-order valence-electron chi connectivity index (χ2n) is 7.03. The fraction of sp³-hybridized carbons (Fsp3) is 0.217. The molecule has 5 heteroatoms. The Bertz CT molecular complexity index is 1030. The molecule has 142 valence electrons. The zero-order valence-corrected chi connectivity index (χ0v) is 15.9. The molecule has 0 atom stereocenters. The van der Waals surface area contributed by atoms with Gasteiger partial charge < -0.3 is 14.4 Å². The van der Waals surface area contributed by atoms with E-state index in [1.807, 2.05) is 83.4 Å². The van der Waals surface area contributed by atoms with Gasteiger partial charge in [-0.15, -0.1) is 0 Å². The van der Waals surface area contributed by atoms with Gasteiger partial charge in [-0.05, 0) is 17.7 Å². The minimum atomic E-state index is -0.0129. The lowest BCUT2D eigenvalue weighted by Crippen LogP contribution is -2.50. The Morgan fingerprint density at radius 2 is 1.50 bits per heavy atom. The number of benzene rings is 2. The van der Waals surface area contributed by atoms with Crippen LogP contribution in [0.1, 0.15) is 15.9 Å². The summed E-state index contributed by atoms with van der Waals surface area (Å²) in [7, 11) is 1.95. The zero-order valence-electron chi connectivity index (χ0n) is 15.9. The van der Waals surface area contributed by atoms with E-state index in [4.69, 9.17) is 0 Å². The van der Waals surface area contributed by atoms with Crippen molar-refractivity contribution in [3.8, 4) is 0 Å². The Morgan fingerprint density at radius 3 is 2.25 bits per heavy atom. The molecule has 2 amide bonds. The van der Waals surface area contributed by atoms with Crippen molar-refractivity contribution in [1.82, 2.24) is 14.4 Å². The number of aryl methyl sites for hydroxylation is 1. The fourth-order valence-electron chi connectivity index (χ4n) is 3.65. The van der Waals surface area contributed by atoms with Gasteiger partial charge in [0.1, 0.15) is 0 Å². The highest BCUT2D eigenvalue weighted by atomic mass is 16.2. The van der Waals surface area contributed by atoms with Crippen molar-refractivity contribution < 1.29 is 9.59 Å². The van der Waals surface area contributed by atoms with Crippen LogP contribution in [0.4, 0.5) is 0 Å². The van der Waals surface area contributed by atoms with Crippen LogP contribution in [-0.2, 0) is 11.8 Å². The number of amides is 2. The number of para-hydroxylation sites is 1. The maximum absolute atomic E-state index is 13.0. The average molecular weight is 373 g/mol. The largest absolute Gasteiger partial charge is 0.350 e. The Hall–Kier alpha value is -3.34. The molecule has 3 aromatic rings. The topological polar surface area (TPSA) is 45.6 Å². The molecule has 0 spiro atoms. The van der Waals surface area contributed by atoms with E-state index in [-0.39, 0.29) is 11.8 Å². The van der Waals surface area contributed by atoms with Crippen LogP contribution in [0.5, 0.6) is 0 Å². The molecule has 0 radical (unpaired) electrons. The van der Waals surface area contributed by atoms with Crippen molar-refractivity contribution in [3.63, 3.8) is 0 Å². The van der Waals surface area contributed by atoms with Gasteiger partial charge in [0.05, 0.1) is 5.56 Å². The molecule has 1 aromatic heterocycles. The SMILES string of the molecule is Cn1cc(C(=O)N2CCN(C(=O)C=Cc3ccccc3)CC2)c2ccccc21. The van der Waals surface area contributed by atoms with Gasteiger partial charge in [-0.1, -0.05) is 48.5 Å². The summed E-state index contributed by atoms with van der Waals surface area (Å²) in [5.74, 6) is 0.0184. The summed E-state index contributed by atoms with van der Waals surface area (Å²) >= 11 is 0. The lowest BCUT2D eigenvalue weighted by molar-refractivity contribution is -0.127. The number of hydrogen-bond donors (Lipinski definition) is 0. The van der Waals surface area contributed by atoms with Gasteiger partial charge in [-0.25, -0.2) is 0 Å². The van der Waals surface area contributed by atoms with Crippen LogP contribution in [0.2, 0.25) is 0 Å². The molecule has 1 fully saturated rings. The third-order valence-corrected chi connectivity index (χ3v) is 5.22. The fourth-order valence-corrected chi connectivity index (χ4v) is 3.65. The molecule has 0 N–H and O–H groups in total. The van der Waals surface area contributed by atoms with E-state index in [0.717, 1.165) is 22.0 Å². The molecule has 0 saturated carbocycles. The van der Waals surface area contributed by atoms with E-state index in [0.29, 0.717) is 26.2 Å². The number of fused-ring (bicyclic) bond motifs is 1. The summed E-state index contributed by atoms with van der Waals surface area (Å²) in [6.07, 6.45) is 5.33. The maximum Gasteiger partial charge on any atom is 0.256 e. The minimum Gasteiger partial charge on any atom is -0.350 e. The first kappa shape index (κ1) is 18.0. The molecule has 4 rings (SSSR count). The molecule has 28 heavy (non-hydrogen) atoms. The van der Waals surface area contributed by atoms with Crippen LogP contribution < -0.4 is 0 Å². The maximum atomic E-state index is 13.0. The van der Waals surface area contributed by atoms with Gasteiger partial charge in [0.2, 0.25) is 5.91 Å². The predicted molar refractivity (Wildman–Crippen MR) is 111 cm³/mol. The van der Waals surface area contributed by atoms with Gasteiger partial charge in [-0.2, -0.15) is 0 Å². The first-order chi connectivity index (χ1) is 13.6. The van der Waals surface area contributed by atoms with Crippen LogP contribution in [0.3, 0.4) is 0 Å². The molecule has 0 unspecified atom stereocenters. The monoisotopic (exact) mass is 373 g/mol. The van der Waals surface area contributed by atoms with Crippen molar-refractivity contribution >= 4 is 28.8 Å². The van der Waals surface area contributed by atoms with Crippen LogP contribution >= 0.6 is 0 Å². The average Bonchev–Trinajstić information content (AvgIpc) is 3.09. The molecular formula is C23H23N3O2. The molecule has 1 aliphatic heterocycles. The summed E-state index contributed by atoms with van der Waals surface area (Å²) in [4.78, 5) is 29.1. The smallest absolute Gasteiger partial charge is 0.256 e. The van der Waals surface area contributed by atoms with E-state index < -0.39 is 0 Å². The van der Waals surface area contributed by atoms with E-state index in [1.54, 1.807) is 11.0 Å². The Labute approximate surface area is 164 Å². The number of aromatic nitrogens is 1. The van der Waals surface area contributed by atoms with Crippen LogP contribution in [0.15, 0.2) is 66.9 Å². The molecule has 2 heterocycles. The third kappa shape index (κ3) is 3.56. The van der Waals surface area contributed by atoms with Crippen molar-refractivity contribution in [2.75, 3.05) is 26.2 Å². The first-order valence-corrected chi connectivity index (χ1v) is 9.49. The van der Waals surface area contributed by atoms with E-state index >= 15 is 0 Å². The number of carbonyl (C=O) groups excluding carboxylic acids is 2. The molecule has 5 nitrogen and oxygen atoms in total. The minimum absolute atomic E-state index is 0.0129. The second kappa shape index (κ2) is 7.72. The van der Waals surface area contributed by atoms with Gasteiger partial charge in [0, 0.05) is 56.4 Å². The quantitative estimate of drug-likeness (QED) is 0.662. The van der Waals surface area contributed by atoms with Gasteiger partial charge >= 0.3 is 0 Å². The summed E-state index contributed by atoms with van der Waals surface area (Å²) in [5, 5.41) is 0.972. The summed E-state index contributed by atoms with van der Waals surface area (Å²) < 4.78 is 1.98.